The van der Waals surface area contributed by atoms with E-state index in [-0.39, 0.29) is 0 Å². The normalized spacial score (nSPS) is 15.1. The van der Waals surface area contributed by atoms with E-state index in [4.69, 9.17) is 0 Å². The molecule has 0 radical (unpaired) electrons. The average Bonchev–Trinajstić information content (AvgIpc) is 2.18. The van der Waals surface area contributed by atoms with Crippen LogP contribution in [0.25, 0.3) is 0 Å². The molecule has 0 fully saturated rings. The van der Waals surface area contributed by atoms with E-state index in [1.54, 1.807) is 11.8 Å². The van der Waals surface area contributed by atoms with Crippen LogP contribution >= 0.6 is 11.8 Å². The second-order valence-corrected chi connectivity index (χ2v) is 4.63. The van der Waals surface area contributed by atoms with E-state index in [1.807, 2.05) is 19.1 Å². The zero-order valence-electron chi connectivity index (χ0n) is 9.08. The third kappa shape index (κ3) is 2.76. The molecule has 78 valence electrons. The van der Waals surface area contributed by atoms with E-state index < -0.39 is 5.60 Å². The van der Waals surface area contributed by atoms with Gasteiger partial charge in [-0.05, 0) is 37.3 Å². The molecule has 1 aromatic rings. The fourth-order valence-corrected chi connectivity index (χ4v) is 1.99. The van der Waals surface area contributed by atoms with Crippen LogP contribution in [0.5, 0.6) is 0 Å². The Morgan fingerprint density at radius 3 is 2.29 bits per heavy atom. The van der Waals surface area contributed by atoms with E-state index in [0.717, 1.165) is 18.4 Å². The molecular formula is C12H18OS. The Balaban J connectivity index is 2.85. The van der Waals surface area contributed by atoms with Crippen LogP contribution in [0.15, 0.2) is 29.2 Å². The number of aliphatic hydroxyl groups is 1. The second kappa shape index (κ2) is 4.85. The highest BCUT2D eigenvalue weighted by atomic mass is 32.2. The van der Waals surface area contributed by atoms with Crippen molar-refractivity contribution in [3.63, 3.8) is 0 Å². The molecule has 1 rings (SSSR count). The standard InChI is InChI=1S/C12H18OS/c1-4-9-12(2,13)10-5-7-11(14-3)8-6-10/h5-8,13H,4,9H2,1-3H3/t12-/m1/s1. The number of benzene rings is 1. The molecule has 0 saturated carbocycles. The van der Waals surface area contributed by atoms with Crippen molar-refractivity contribution in [2.75, 3.05) is 6.26 Å². The van der Waals surface area contributed by atoms with Gasteiger partial charge in [0.1, 0.15) is 0 Å². The predicted octanol–water partition coefficient (Wildman–Crippen LogP) is 3.42. The number of thioether (sulfide) groups is 1. The minimum absolute atomic E-state index is 0.675. The van der Waals surface area contributed by atoms with Crippen LogP contribution in [0.2, 0.25) is 0 Å². The fraction of sp³-hybridized carbons (Fsp3) is 0.500. The van der Waals surface area contributed by atoms with E-state index in [0.29, 0.717) is 0 Å². The van der Waals surface area contributed by atoms with Crippen molar-refractivity contribution in [2.45, 2.75) is 37.2 Å². The van der Waals surface area contributed by atoms with Crippen molar-refractivity contribution < 1.29 is 5.11 Å². The lowest BCUT2D eigenvalue weighted by Crippen LogP contribution is -2.20. The van der Waals surface area contributed by atoms with Crippen LogP contribution in [-0.4, -0.2) is 11.4 Å². The van der Waals surface area contributed by atoms with Gasteiger partial charge in [-0.3, -0.25) is 0 Å². The van der Waals surface area contributed by atoms with Crippen molar-refractivity contribution in [3.05, 3.63) is 29.8 Å². The van der Waals surface area contributed by atoms with Gasteiger partial charge in [-0.1, -0.05) is 25.5 Å². The molecule has 14 heavy (non-hydrogen) atoms. The minimum Gasteiger partial charge on any atom is -0.385 e. The smallest absolute Gasteiger partial charge is 0.0868 e. The molecule has 0 aliphatic carbocycles. The van der Waals surface area contributed by atoms with Gasteiger partial charge in [-0.25, -0.2) is 0 Å². The van der Waals surface area contributed by atoms with Crippen molar-refractivity contribution in [3.8, 4) is 0 Å². The minimum atomic E-state index is -0.675. The molecule has 0 aromatic heterocycles. The molecule has 1 atom stereocenters. The van der Waals surface area contributed by atoms with Crippen molar-refractivity contribution in [2.24, 2.45) is 0 Å². The first-order valence-electron chi connectivity index (χ1n) is 4.97. The summed E-state index contributed by atoms with van der Waals surface area (Å²) in [5.74, 6) is 0. The van der Waals surface area contributed by atoms with E-state index in [9.17, 15) is 5.11 Å². The molecule has 0 unspecified atom stereocenters. The Hall–Kier alpha value is -0.470. The molecule has 2 heteroatoms. The molecule has 0 spiro atoms. The van der Waals surface area contributed by atoms with Gasteiger partial charge in [0.15, 0.2) is 0 Å². The number of hydrogen-bond donors (Lipinski definition) is 1. The van der Waals surface area contributed by atoms with Crippen molar-refractivity contribution in [1.82, 2.24) is 0 Å². The summed E-state index contributed by atoms with van der Waals surface area (Å²) in [6.45, 7) is 3.97. The highest BCUT2D eigenvalue weighted by Gasteiger charge is 2.21. The van der Waals surface area contributed by atoms with Crippen molar-refractivity contribution >= 4 is 11.8 Å². The lowest BCUT2D eigenvalue weighted by atomic mass is 9.92. The van der Waals surface area contributed by atoms with Gasteiger partial charge >= 0.3 is 0 Å². The molecule has 0 saturated heterocycles. The Labute approximate surface area is 90.5 Å². The quantitative estimate of drug-likeness (QED) is 0.768. The monoisotopic (exact) mass is 210 g/mol. The molecule has 1 nitrogen and oxygen atoms in total. The Morgan fingerprint density at radius 1 is 1.29 bits per heavy atom. The molecular weight excluding hydrogens is 192 g/mol. The summed E-state index contributed by atoms with van der Waals surface area (Å²) >= 11 is 1.72. The summed E-state index contributed by atoms with van der Waals surface area (Å²) in [6, 6.07) is 8.15. The lowest BCUT2D eigenvalue weighted by Gasteiger charge is -2.23. The Kier molecular flexibility index (Phi) is 4.02. The zero-order chi connectivity index (χ0) is 10.6. The topological polar surface area (TPSA) is 20.2 Å². The molecule has 0 heterocycles. The van der Waals surface area contributed by atoms with Gasteiger partial charge < -0.3 is 5.11 Å². The second-order valence-electron chi connectivity index (χ2n) is 3.75. The van der Waals surface area contributed by atoms with Crippen LogP contribution in [0, 0.1) is 0 Å². The summed E-state index contributed by atoms with van der Waals surface area (Å²) < 4.78 is 0. The number of rotatable bonds is 4. The molecule has 0 bridgehead atoms. The van der Waals surface area contributed by atoms with Gasteiger partial charge in [-0.2, -0.15) is 0 Å². The summed E-state index contributed by atoms with van der Waals surface area (Å²) in [5.41, 5.74) is 0.336. The maximum Gasteiger partial charge on any atom is 0.0868 e. The highest BCUT2D eigenvalue weighted by Crippen LogP contribution is 2.27. The maximum atomic E-state index is 10.1. The first-order valence-corrected chi connectivity index (χ1v) is 6.19. The molecule has 0 amide bonds. The Morgan fingerprint density at radius 2 is 1.86 bits per heavy atom. The van der Waals surface area contributed by atoms with Gasteiger partial charge in [0, 0.05) is 4.90 Å². The third-order valence-corrected chi connectivity index (χ3v) is 3.19. The van der Waals surface area contributed by atoms with Gasteiger partial charge in [0.2, 0.25) is 0 Å². The maximum absolute atomic E-state index is 10.1. The predicted molar refractivity (Wildman–Crippen MR) is 62.7 cm³/mol. The van der Waals surface area contributed by atoms with Crippen LogP contribution in [-0.2, 0) is 5.60 Å². The summed E-state index contributed by atoms with van der Waals surface area (Å²) in [7, 11) is 0. The molecule has 1 aromatic carbocycles. The molecule has 0 aliphatic heterocycles. The third-order valence-electron chi connectivity index (χ3n) is 2.45. The van der Waals surface area contributed by atoms with Gasteiger partial charge in [0.05, 0.1) is 5.60 Å². The molecule has 1 N–H and O–H groups in total. The lowest BCUT2D eigenvalue weighted by molar-refractivity contribution is 0.0469. The van der Waals surface area contributed by atoms with Crippen LogP contribution in [0.1, 0.15) is 32.3 Å². The van der Waals surface area contributed by atoms with Crippen LogP contribution in [0.4, 0.5) is 0 Å². The van der Waals surface area contributed by atoms with Crippen LogP contribution in [0.3, 0.4) is 0 Å². The van der Waals surface area contributed by atoms with E-state index in [1.165, 1.54) is 4.90 Å². The van der Waals surface area contributed by atoms with Gasteiger partial charge in [-0.15, -0.1) is 11.8 Å². The number of hydrogen-bond acceptors (Lipinski definition) is 2. The highest BCUT2D eigenvalue weighted by molar-refractivity contribution is 7.98. The average molecular weight is 210 g/mol. The zero-order valence-corrected chi connectivity index (χ0v) is 9.90. The van der Waals surface area contributed by atoms with Crippen molar-refractivity contribution in [1.29, 1.82) is 0 Å². The van der Waals surface area contributed by atoms with Crippen LogP contribution < -0.4 is 0 Å². The summed E-state index contributed by atoms with van der Waals surface area (Å²) in [4.78, 5) is 1.24. The summed E-state index contributed by atoms with van der Waals surface area (Å²) in [5, 5.41) is 10.1. The fourth-order valence-electron chi connectivity index (χ4n) is 1.58. The van der Waals surface area contributed by atoms with E-state index >= 15 is 0 Å². The Bertz CT molecular complexity index is 277. The SMILES string of the molecule is CCC[C@@](C)(O)c1ccc(SC)cc1. The van der Waals surface area contributed by atoms with Gasteiger partial charge in [0.25, 0.3) is 0 Å². The largest absolute Gasteiger partial charge is 0.385 e. The summed E-state index contributed by atoms with van der Waals surface area (Å²) in [6.07, 6.45) is 3.86. The first kappa shape index (κ1) is 11.6. The van der Waals surface area contributed by atoms with E-state index in [2.05, 4.69) is 25.3 Å². The first-order chi connectivity index (χ1) is 6.60. The molecule has 0 aliphatic rings.